The van der Waals surface area contributed by atoms with Crippen LogP contribution in [0.2, 0.25) is 0 Å². The molecule has 27 heavy (non-hydrogen) atoms. The summed E-state index contributed by atoms with van der Waals surface area (Å²) in [6.07, 6.45) is 0.268. The van der Waals surface area contributed by atoms with Crippen LogP contribution in [0.3, 0.4) is 0 Å². The Balaban J connectivity index is 1.56. The van der Waals surface area contributed by atoms with Crippen LogP contribution in [0, 0.1) is 5.92 Å². The molecule has 4 rings (SSSR count). The van der Waals surface area contributed by atoms with Crippen molar-refractivity contribution in [1.82, 2.24) is 0 Å². The minimum absolute atomic E-state index is 0.00460. The molecule has 2 aromatic carbocycles. The van der Waals surface area contributed by atoms with Gasteiger partial charge in [0.05, 0.1) is 23.8 Å². The molecule has 2 bridgehead atoms. The number of carbonyl (C=O) groups excluding carboxylic acids is 1. The van der Waals surface area contributed by atoms with Crippen LogP contribution >= 0.6 is 0 Å². The average molecular weight is 368 g/mol. The highest BCUT2D eigenvalue weighted by Gasteiger charge is 2.46. The van der Waals surface area contributed by atoms with Gasteiger partial charge in [-0.25, -0.2) is 9.59 Å². The van der Waals surface area contributed by atoms with Gasteiger partial charge in [0, 0.05) is 5.92 Å². The minimum Gasteiger partial charge on any atom is -0.478 e. The van der Waals surface area contributed by atoms with Gasteiger partial charge in [-0.2, -0.15) is 0 Å². The van der Waals surface area contributed by atoms with Crippen LogP contribution in [0.1, 0.15) is 32.7 Å². The molecule has 6 heteroatoms. The van der Waals surface area contributed by atoms with Gasteiger partial charge in [-0.15, -0.1) is 0 Å². The number of aromatic carboxylic acids is 1. The summed E-state index contributed by atoms with van der Waals surface area (Å²) >= 11 is 0. The normalized spacial score (nSPS) is 26.5. The maximum absolute atomic E-state index is 12.7. The molecule has 2 aliphatic rings. The van der Waals surface area contributed by atoms with Crippen molar-refractivity contribution >= 4 is 11.9 Å². The Labute approximate surface area is 156 Å². The van der Waals surface area contributed by atoms with Crippen molar-refractivity contribution in [1.29, 1.82) is 0 Å². The minimum atomic E-state index is -1.17. The van der Waals surface area contributed by atoms with Crippen molar-refractivity contribution in [3.8, 4) is 0 Å². The van der Waals surface area contributed by atoms with Crippen molar-refractivity contribution in [3.63, 3.8) is 0 Å². The third-order valence-corrected chi connectivity index (χ3v) is 5.03. The fourth-order valence-electron chi connectivity index (χ4n) is 3.76. The van der Waals surface area contributed by atoms with E-state index in [-0.39, 0.29) is 23.1 Å². The lowest BCUT2D eigenvalue weighted by Gasteiger charge is -2.34. The molecule has 2 aliphatic heterocycles. The fraction of sp³-hybridized carbons (Fsp3) is 0.333. The van der Waals surface area contributed by atoms with Crippen LogP contribution in [0.4, 0.5) is 0 Å². The number of fused-ring (bicyclic) bond motifs is 2. The first-order valence-electron chi connectivity index (χ1n) is 8.96. The molecule has 2 aromatic rings. The average Bonchev–Trinajstić information content (AvgIpc) is 3.08. The summed E-state index contributed by atoms with van der Waals surface area (Å²) in [6, 6.07) is 16.0. The molecule has 2 heterocycles. The SMILES string of the molecule is O=C(O)c1ccccc1C(=O)OC1C(Cc2ccccc2)C[C@H]2CO[C@@H]1O2. The standard InChI is InChI=1S/C21H20O6/c22-19(23)16-8-4-5-9-17(16)20(24)27-18-14(10-13-6-2-1-3-7-13)11-15-12-25-21(18)26-15/h1-9,14-15,18,21H,10-12H2,(H,22,23)/t14?,15-,18?,21+/m0/s1. The van der Waals surface area contributed by atoms with E-state index >= 15 is 0 Å². The van der Waals surface area contributed by atoms with Gasteiger partial charge in [0.1, 0.15) is 0 Å². The summed E-state index contributed by atoms with van der Waals surface area (Å²) in [5.41, 5.74) is 1.10. The van der Waals surface area contributed by atoms with Gasteiger partial charge in [-0.3, -0.25) is 0 Å². The zero-order valence-corrected chi connectivity index (χ0v) is 14.6. The van der Waals surface area contributed by atoms with E-state index in [4.69, 9.17) is 14.2 Å². The van der Waals surface area contributed by atoms with Crippen molar-refractivity contribution < 1.29 is 28.9 Å². The number of carboxylic acid groups (broad SMARTS) is 1. The topological polar surface area (TPSA) is 82.1 Å². The first-order chi connectivity index (χ1) is 13.1. The van der Waals surface area contributed by atoms with Gasteiger partial charge in [-0.1, -0.05) is 42.5 Å². The Morgan fingerprint density at radius 3 is 2.48 bits per heavy atom. The van der Waals surface area contributed by atoms with E-state index in [2.05, 4.69) is 0 Å². The van der Waals surface area contributed by atoms with E-state index in [0.29, 0.717) is 6.61 Å². The zero-order chi connectivity index (χ0) is 18.8. The van der Waals surface area contributed by atoms with E-state index in [9.17, 15) is 14.7 Å². The lowest BCUT2D eigenvalue weighted by molar-refractivity contribution is -0.176. The first-order valence-corrected chi connectivity index (χ1v) is 8.96. The quantitative estimate of drug-likeness (QED) is 0.817. The Kier molecular flexibility index (Phi) is 4.92. The number of carbonyl (C=O) groups is 2. The Bertz CT molecular complexity index is 834. The predicted molar refractivity (Wildman–Crippen MR) is 95.5 cm³/mol. The maximum atomic E-state index is 12.7. The molecule has 0 spiro atoms. The first kappa shape index (κ1) is 17.7. The largest absolute Gasteiger partial charge is 0.478 e. The number of carboxylic acids is 1. The number of hydrogen-bond acceptors (Lipinski definition) is 5. The van der Waals surface area contributed by atoms with Gasteiger partial charge >= 0.3 is 11.9 Å². The van der Waals surface area contributed by atoms with Crippen LogP contribution in [0.15, 0.2) is 54.6 Å². The van der Waals surface area contributed by atoms with Gasteiger partial charge in [0.25, 0.3) is 0 Å². The second-order valence-corrected chi connectivity index (χ2v) is 6.87. The predicted octanol–water partition coefficient (Wildman–Crippen LogP) is 2.91. The number of hydrogen-bond donors (Lipinski definition) is 1. The second-order valence-electron chi connectivity index (χ2n) is 6.87. The second kappa shape index (κ2) is 7.50. The summed E-state index contributed by atoms with van der Waals surface area (Å²) < 4.78 is 17.2. The zero-order valence-electron chi connectivity index (χ0n) is 14.6. The molecule has 0 saturated carbocycles. The van der Waals surface area contributed by atoms with E-state index in [1.807, 2.05) is 30.3 Å². The number of esters is 1. The van der Waals surface area contributed by atoms with Gasteiger partial charge < -0.3 is 19.3 Å². The third kappa shape index (κ3) is 3.72. The van der Waals surface area contributed by atoms with E-state index in [1.165, 1.54) is 12.1 Å². The molecule has 0 aromatic heterocycles. The molecular weight excluding hydrogens is 348 g/mol. The molecule has 0 aliphatic carbocycles. The van der Waals surface area contributed by atoms with Crippen LogP contribution < -0.4 is 0 Å². The summed E-state index contributed by atoms with van der Waals surface area (Å²) in [5.74, 6) is -1.80. The number of benzene rings is 2. The molecule has 6 nitrogen and oxygen atoms in total. The Hall–Kier alpha value is -2.70. The molecule has 0 radical (unpaired) electrons. The summed E-state index contributed by atoms with van der Waals surface area (Å²) in [5, 5.41) is 9.31. The molecular formula is C21H20O6. The molecule has 0 amide bonds. The van der Waals surface area contributed by atoms with E-state index in [0.717, 1.165) is 18.4 Å². The van der Waals surface area contributed by atoms with Crippen LogP contribution in [0.25, 0.3) is 0 Å². The summed E-state index contributed by atoms with van der Waals surface area (Å²) in [7, 11) is 0. The molecule has 140 valence electrons. The molecule has 2 unspecified atom stereocenters. The highest BCUT2D eigenvalue weighted by molar-refractivity contribution is 6.02. The van der Waals surface area contributed by atoms with Crippen molar-refractivity contribution in [2.45, 2.75) is 31.3 Å². The van der Waals surface area contributed by atoms with Crippen molar-refractivity contribution in [3.05, 3.63) is 71.3 Å². The van der Waals surface area contributed by atoms with Gasteiger partial charge in [-0.05, 0) is 30.5 Å². The van der Waals surface area contributed by atoms with Crippen molar-refractivity contribution in [2.75, 3.05) is 6.61 Å². The van der Waals surface area contributed by atoms with Crippen LogP contribution in [-0.4, -0.2) is 42.1 Å². The van der Waals surface area contributed by atoms with Gasteiger partial charge in [0.2, 0.25) is 0 Å². The number of rotatable bonds is 5. The Morgan fingerprint density at radius 1 is 1.04 bits per heavy atom. The smallest absolute Gasteiger partial charge is 0.339 e. The summed E-state index contributed by atoms with van der Waals surface area (Å²) in [4.78, 5) is 24.1. The molecule has 2 fully saturated rings. The van der Waals surface area contributed by atoms with E-state index in [1.54, 1.807) is 12.1 Å². The Morgan fingerprint density at radius 2 is 1.74 bits per heavy atom. The highest BCUT2D eigenvalue weighted by Crippen LogP contribution is 2.36. The highest BCUT2D eigenvalue weighted by atomic mass is 16.7. The van der Waals surface area contributed by atoms with E-state index < -0.39 is 24.3 Å². The van der Waals surface area contributed by atoms with Crippen LogP contribution in [-0.2, 0) is 20.6 Å². The maximum Gasteiger partial charge on any atom is 0.339 e. The lowest BCUT2D eigenvalue weighted by atomic mass is 9.87. The summed E-state index contributed by atoms with van der Waals surface area (Å²) in [6.45, 7) is 0.482. The molecule has 4 atom stereocenters. The molecule has 2 saturated heterocycles. The van der Waals surface area contributed by atoms with Crippen molar-refractivity contribution in [2.24, 2.45) is 5.92 Å². The third-order valence-electron chi connectivity index (χ3n) is 5.03. The molecule has 1 N–H and O–H groups in total. The number of ether oxygens (including phenoxy) is 3. The fourth-order valence-corrected chi connectivity index (χ4v) is 3.76. The van der Waals surface area contributed by atoms with Gasteiger partial charge in [0.15, 0.2) is 12.4 Å². The lowest BCUT2D eigenvalue weighted by Crippen LogP contribution is -2.44. The van der Waals surface area contributed by atoms with Crippen LogP contribution in [0.5, 0.6) is 0 Å². The monoisotopic (exact) mass is 368 g/mol.